The first kappa shape index (κ1) is 20.4. The zero-order valence-electron chi connectivity index (χ0n) is 18.0. The summed E-state index contributed by atoms with van der Waals surface area (Å²) in [4.78, 5) is 25.9. The molecule has 6 rings (SSSR count). The van der Waals surface area contributed by atoms with Gasteiger partial charge in [0, 0.05) is 25.1 Å². The third kappa shape index (κ3) is 4.05. The molecule has 1 N–H and O–H groups in total. The molecule has 0 unspecified atom stereocenters. The first-order chi connectivity index (χ1) is 14.9. The van der Waals surface area contributed by atoms with Crippen molar-refractivity contribution in [2.45, 2.75) is 43.9 Å². The number of hydrogen-bond donors (Lipinski definition) is 1. The molecule has 0 spiro atoms. The number of rotatable bonds is 6. The fraction of sp³-hybridized carbons (Fsp3) is 0.565. The van der Waals surface area contributed by atoms with Crippen molar-refractivity contribution in [3.8, 4) is 5.75 Å². The third-order valence-electron chi connectivity index (χ3n) is 7.09. The molecule has 164 valence electrons. The highest BCUT2D eigenvalue weighted by Gasteiger charge is 2.53. The lowest BCUT2D eigenvalue weighted by Crippen LogP contribution is -2.48. The first-order valence-corrected chi connectivity index (χ1v) is 11.8. The minimum Gasteiger partial charge on any atom is -0.484 e. The molecule has 0 radical (unpaired) electrons. The second kappa shape index (κ2) is 7.89. The Bertz CT molecular complexity index is 967. The molecule has 7 nitrogen and oxygen atoms in total. The van der Waals surface area contributed by atoms with Gasteiger partial charge in [0.05, 0.1) is 0 Å². The number of nitrogens with zero attached hydrogens (tertiary/aromatic N) is 3. The number of benzene rings is 1. The Kier molecular flexibility index (Phi) is 5.20. The Morgan fingerprint density at radius 3 is 2.45 bits per heavy atom. The molecular formula is C23H28N4O3S. The van der Waals surface area contributed by atoms with Crippen LogP contribution >= 0.6 is 11.3 Å². The van der Waals surface area contributed by atoms with Crippen molar-refractivity contribution in [2.24, 2.45) is 17.8 Å². The number of carbonyl (C=O) groups is 2. The standard InChI is InChI=1S/C23H28N4O3S/c1-27(2)19(28)13-30-18-5-3-4-17(9-18)20(29)24-22-26-25-21(31-22)23-10-14-6-15(11-23)8-16(7-14)12-23/h3-5,9,14-16H,6-8,10-13H2,1-2H3,(H,24,26,29). The van der Waals surface area contributed by atoms with Crippen LogP contribution in [0.5, 0.6) is 5.75 Å². The van der Waals surface area contributed by atoms with Crippen LogP contribution in [-0.2, 0) is 10.2 Å². The van der Waals surface area contributed by atoms with Gasteiger partial charge in [-0.2, -0.15) is 0 Å². The van der Waals surface area contributed by atoms with Gasteiger partial charge in [0.1, 0.15) is 10.8 Å². The van der Waals surface area contributed by atoms with Gasteiger partial charge in [0.25, 0.3) is 11.8 Å². The van der Waals surface area contributed by atoms with Crippen LogP contribution in [0.3, 0.4) is 0 Å². The molecule has 8 heteroatoms. The molecule has 4 bridgehead atoms. The molecule has 0 aliphatic heterocycles. The van der Waals surface area contributed by atoms with Crippen molar-refractivity contribution >= 4 is 28.3 Å². The lowest BCUT2D eigenvalue weighted by molar-refractivity contribution is -0.130. The van der Waals surface area contributed by atoms with E-state index in [1.807, 2.05) is 0 Å². The van der Waals surface area contributed by atoms with Crippen molar-refractivity contribution in [3.05, 3.63) is 34.8 Å². The molecule has 4 fully saturated rings. The number of nitrogens with one attached hydrogen (secondary N) is 1. The van der Waals surface area contributed by atoms with Crippen LogP contribution in [0.25, 0.3) is 0 Å². The van der Waals surface area contributed by atoms with Crippen LogP contribution in [0.15, 0.2) is 24.3 Å². The van der Waals surface area contributed by atoms with Gasteiger partial charge in [-0.1, -0.05) is 17.4 Å². The first-order valence-electron chi connectivity index (χ1n) is 11.0. The van der Waals surface area contributed by atoms with E-state index in [2.05, 4.69) is 15.5 Å². The number of ether oxygens (including phenoxy) is 1. The largest absolute Gasteiger partial charge is 0.484 e. The Morgan fingerprint density at radius 2 is 1.81 bits per heavy atom. The van der Waals surface area contributed by atoms with Crippen LogP contribution in [0.1, 0.15) is 53.9 Å². The molecule has 0 saturated heterocycles. The summed E-state index contributed by atoms with van der Waals surface area (Å²) in [5.41, 5.74) is 0.642. The Hall–Kier alpha value is -2.48. The average Bonchev–Trinajstić information content (AvgIpc) is 3.20. The van der Waals surface area contributed by atoms with Crippen LogP contribution in [-0.4, -0.2) is 47.6 Å². The monoisotopic (exact) mass is 440 g/mol. The molecular weight excluding hydrogens is 412 g/mol. The quantitative estimate of drug-likeness (QED) is 0.740. The van der Waals surface area contributed by atoms with E-state index in [4.69, 9.17) is 4.74 Å². The van der Waals surface area contributed by atoms with Crippen molar-refractivity contribution < 1.29 is 14.3 Å². The molecule has 4 aliphatic rings. The smallest absolute Gasteiger partial charge is 0.259 e. The summed E-state index contributed by atoms with van der Waals surface area (Å²) >= 11 is 1.53. The highest BCUT2D eigenvalue weighted by molar-refractivity contribution is 7.15. The van der Waals surface area contributed by atoms with E-state index in [0.29, 0.717) is 16.4 Å². The topological polar surface area (TPSA) is 84.4 Å². The molecule has 1 aromatic heterocycles. The van der Waals surface area contributed by atoms with Gasteiger partial charge in [-0.25, -0.2) is 0 Å². The van der Waals surface area contributed by atoms with E-state index in [0.717, 1.165) is 22.8 Å². The summed E-state index contributed by atoms with van der Waals surface area (Å²) in [5, 5.41) is 13.4. The van der Waals surface area contributed by atoms with E-state index in [1.54, 1.807) is 38.4 Å². The number of anilines is 1. The molecule has 2 amide bonds. The summed E-state index contributed by atoms with van der Waals surface area (Å²) in [7, 11) is 3.35. The molecule has 31 heavy (non-hydrogen) atoms. The predicted molar refractivity (Wildman–Crippen MR) is 118 cm³/mol. The van der Waals surface area contributed by atoms with Gasteiger partial charge in [0.2, 0.25) is 5.13 Å². The van der Waals surface area contributed by atoms with E-state index >= 15 is 0 Å². The normalized spacial score (nSPS) is 28.4. The zero-order chi connectivity index (χ0) is 21.6. The van der Waals surface area contributed by atoms with E-state index < -0.39 is 0 Å². The lowest BCUT2D eigenvalue weighted by atomic mass is 9.50. The van der Waals surface area contributed by atoms with E-state index in [-0.39, 0.29) is 23.8 Å². The highest BCUT2D eigenvalue weighted by atomic mass is 32.1. The van der Waals surface area contributed by atoms with E-state index in [1.165, 1.54) is 54.8 Å². The number of aromatic nitrogens is 2. The second-order valence-corrected chi connectivity index (χ2v) is 10.6. The average molecular weight is 441 g/mol. The summed E-state index contributed by atoms with van der Waals surface area (Å²) in [6, 6.07) is 6.83. The van der Waals surface area contributed by atoms with Crippen molar-refractivity contribution in [2.75, 3.05) is 26.0 Å². The molecule has 0 atom stereocenters. The fourth-order valence-corrected chi connectivity index (χ4v) is 6.99. The van der Waals surface area contributed by atoms with Gasteiger partial charge in [-0.3, -0.25) is 14.9 Å². The highest BCUT2D eigenvalue weighted by Crippen LogP contribution is 2.61. The third-order valence-corrected chi connectivity index (χ3v) is 8.18. The maximum atomic E-state index is 12.8. The Labute approximate surface area is 186 Å². The number of carbonyl (C=O) groups excluding carboxylic acids is 2. The van der Waals surface area contributed by atoms with Gasteiger partial charge in [-0.15, -0.1) is 10.2 Å². The van der Waals surface area contributed by atoms with Gasteiger partial charge >= 0.3 is 0 Å². The Balaban J connectivity index is 1.25. The van der Waals surface area contributed by atoms with Gasteiger partial charge < -0.3 is 9.64 Å². The predicted octanol–water partition coefficient (Wildman–Crippen LogP) is 3.73. The van der Waals surface area contributed by atoms with Crippen LogP contribution in [0.4, 0.5) is 5.13 Å². The molecule has 1 heterocycles. The van der Waals surface area contributed by atoms with Crippen LogP contribution in [0.2, 0.25) is 0 Å². The molecule has 1 aromatic carbocycles. The second-order valence-electron chi connectivity index (χ2n) is 9.67. The summed E-state index contributed by atoms with van der Waals surface area (Å²) in [6.45, 7) is -0.0666. The minimum atomic E-state index is -0.252. The molecule has 4 saturated carbocycles. The number of likely N-dealkylation sites (N-methyl/N-ethyl adjacent to an activating group) is 1. The number of amides is 2. The van der Waals surface area contributed by atoms with Crippen molar-refractivity contribution in [1.29, 1.82) is 0 Å². The summed E-state index contributed by atoms with van der Waals surface area (Å²) in [5.74, 6) is 2.62. The maximum Gasteiger partial charge on any atom is 0.259 e. The number of hydrogen-bond acceptors (Lipinski definition) is 6. The lowest BCUT2D eigenvalue weighted by Gasteiger charge is -2.55. The van der Waals surface area contributed by atoms with Crippen molar-refractivity contribution in [3.63, 3.8) is 0 Å². The van der Waals surface area contributed by atoms with Gasteiger partial charge in [0.15, 0.2) is 6.61 Å². The fourth-order valence-electron chi connectivity index (χ4n) is 6.03. The van der Waals surface area contributed by atoms with Crippen molar-refractivity contribution in [1.82, 2.24) is 15.1 Å². The minimum absolute atomic E-state index is 0.0666. The Morgan fingerprint density at radius 1 is 1.13 bits per heavy atom. The van der Waals surface area contributed by atoms with Crippen LogP contribution < -0.4 is 10.1 Å². The SMILES string of the molecule is CN(C)C(=O)COc1cccc(C(=O)Nc2nnc(C34CC5CC(CC(C5)C3)C4)s2)c1. The van der Waals surface area contributed by atoms with Gasteiger partial charge in [-0.05, 0) is 74.5 Å². The maximum absolute atomic E-state index is 12.8. The van der Waals surface area contributed by atoms with E-state index in [9.17, 15) is 9.59 Å². The molecule has 2 aromatic rings. The van der Waals surface area contributed by atoms with Crippen LogP contribution in [0, 0.1) is 17.8 Å². The zero-order valence-corrected chi connectivity index (χ0v) is 18.8. The summed E-state index contributed by atoms with van der Waals surface area (Å²) < 4.78 is 5.52. The molecule has 4 aliphatic carbocycles. The summed E-state index contributed by atoms with van der Waals surface area (Å²) in [6.07, 6.45) is 7.85.